The zero-order valence-corrected chi connectivity index (χ0v) is 30.2. The summed E-state index contributed by atoms with van der Waals surface area (Å²) in [6.07, 6.45) is 15.8. The number of nitrogens with one attached hydrogen (secondary N) is 1. The van der Waals surface area contributed by atoms with Gasteiger partial charge in [0.25, 0.3) is 10.0 Å². The molecule has 1 N–H and O–H groups in total. The van der Waals surface area contributed by atoms with Crippen LogP contribution in [0, 0.1) is 55.3 Å². The number of hydrogen-bond donors (Lipinski definition) is 1. The molecule has 1 heterocycles. The van der Waals surface area contributed by atoms with Crippen molar-refractivity contribution < 1.29 is 27.3 Å². The van der Waals surface area contributed by atoms with Crippen LogP contribution in [0.3, 0.4) is 0 Å². The fourth-order valence-electron chi connectivity index (χ4n) is 9.44. The number of rotatable bonds is 5. The van der Waals surface area contributed by atoms with Crippen molar-refractivity contribution in [3.8, 4) is 12.3 Å². The van der Waals surface area contributed by atoms with E-state index < -0.39 is 15.6 Å². The Morgan fingerprint density at radius 3 is 2.45 bits per heavy atom. The van der Waals surface area contributed by atoms with Crippen LogP contribution >= 0.6 is 0 Å². The van der Waals surface area contributed by atoms with Crippen molar-refractivity contribution in [3.05, 3.63) is 59.3 Å². The van der Waals surface area contributed by atoms with Crippen LogP contribution in [0.2, 0.25) is 0 Å². The highest BCUT2D eigenvalue weighted by Gasteiger charge is 2.64. The van der Waals surface area contributed by atoms with E-state index in [1.165, 1.54) is 12.5 Å². The second kappa shape index (κ2) is 13.0. The molecule has 4 aliphatic rings. The number of ketones is 1. The van der Waals surface area contributed by atoms with Crippen LogP contribution in [0.1, 0.15) is 76.5 Å². The molecule has 6 atom stereocenters. The van der Waals surface area contributed by atoms with Crippen molar-refractivity contribution >= 4 is 44.1 Å². The first-order valence-corrected chi connectivity index (χ1v) is 18.7. The van der Waals surface area contributed by atoms with E-state index in [-0.39, 0.29) is 22.2 Å². The van der Waals surface area contributed by atoms with Gasteiger partial charge in [0.05, 0.1) is 10.6 Å². The van der Waals surface area contributed by atoms with E-state index >= 15 is 0 Å². The monoisotopic (exact) mass is 685 g/mol. The zero-order valence-electron chi connectivity index (χ0n) is 29.3. The summed E-state index contributed by atoms with van der Waals surface area (Å²) >= 11 is 0. The highest BCUT2D eigenvalue weighted by atomic mass is 32.2. The number of sulfonamides is 1. The van der Waals surface area contributed by atoms with E-state index in [0.29, 0.717) is 52.5 Å². The molecule has 0 radical (unpaired) electrons. The number of carbonyl (C=O) groups is 2. The fourth-order valence-corrected chi connectivity index (χ4v) is 10.7. The molecule has 0 aliphatic heterocycles. The molecule has 2 aromatic carbocycles. The normalized spacial score (nSPS) is 28.9. The van der Waals surface area contributed by atoms with Crippen molar-refractivity contribution in [2.75, 3.05) is 23.7 Å². The number of aryl methyl sites for hydroxylation is 1. The molecular weight excluding hydrogens is 639 g/mol. The summed E-state index contributed by atoms with van der Waals surface area (Å²) in [6.45, 7) is 7.26. The number of benzene rings is 2. The predicted molar refractivity (Wildman–Crippen MR) is 190 cm³/mol. The van der Waals surface area contributed by atoms with Crippen molar-refractivity contribution in [3.63, 3.8) is 0 Å². The summed E-state index contributed by atoms with van der Waals surface area (Å²) in [5.74, 6) is 5.56. The Hall–Kier alpha value is -4.10. The van der Waals surface area contributed by atoms with Crippen molar-refractivity contribution in [1.82, 2.24) is 5.16 Å². The first-order chi connectivity index (χ1) is 23.2. The largest absolute Gasteiger partial charge is 0.445 e. The number of nitrogens with zero attached hydrogens (tertiary/aromatic N) is 2. The van der Waals surface area contributed by atoms with E-state index in [1.54, 1.807) is 32.0 Å². The maximum Gasteiger partial charge on any atom is 0.304 e. The molecule has 1 aromatic heterocycles. The Morgan fingerprint density at radius 2 is 1.78 bits per heavy atom. The van der Waals surface area contributed by atoms with E-state index in [4.69, 9.17) is 15.7 Å². The van der Waals surface area contributed by atoms with Gasteiger partial charge < -0.3 is 14.2 Å². The number of fused-ring (bicyclic) bond motifs is 6. The molecule has 0 bridgehead atoms. The molecule has 0 unspecified atom stereocenters. The van der Waals surface area contributed by atoms with Crippen LogP contribution in [-0.4, -0.2) is 45.0 Å². The highest BCUT2D eigenvalue weighted by Crippen LogP contribution is 2.65. The zero-order chi connectivity index (χ0) is 35.3. The molecule has 260 valence electrons. The van der Waals surface area contributed by atoms with E-state index in [0.717, 1.165) is 56.0 Å². The molecule has 3 saturated carbocycles. The van der Waals surface area contributed by atoms with Gasteiger partial charge in [0.2, 0.25) is 5.88 Å². The number of esters is 1. The number of terminal acetylenes is 1. The standard InChI is InChI=1S/C22H28O3.C17H19N3O3S/c1-4-22(25-14(2)23)12-10-20-19-7-5-15-13-16(24)6-8-17(15)18(19)9-11-21(20,22)3;1-11-12(2)18-23-17(11)19-24(21,22)16-10-6-7-13-14(16)8-5-9-15(13)20(3)4/h1,13,17-20H,5-12H2,2-3H3;5-10,19H,1-4H3/t17-,18+,19+,20-,21-,22-;/m0./s1. The minimum absolute atomic E-state index is 0.111. The average molecular weight is 686 g/mol. The third-order valence-electron chi connectivity index (χ3n) is 12.0. The summed E-state index contributed by atoms with van der Waals surface area (Å²) in [4.78, 5) is 25.7. The lowest BCUT2D eigenvalue weighted by Crippen LogP contribution is -2.53. The number of allylic oxidation sites excluding steroid dienone is 1. The maximum absolute atomic E-state index is 12.8. The lowest BCUT2D eigenvalue weighted by atomic mass is 9.50. The lowest BCUT2D eigenvalue weighted by molar-refractivity contribution is -0.167. The molecule has 0 spiro atoms. The molecule has 10 heteroatoms. The fraction of sp³-hybridized carbons (Fsp3) is 0.513. The summed E-state index contributed by atoms with van der Waals surface area (Å²) in [5, 5.41) is 5.31. The topological polar surface area (TPSA) is 119 Å². The first-order valence-electron chi connectivity index (χ1n) is 17.3. The molecule has 3 aromatic rings. The van der Waals surface area contributed by atoms with Crippen LogP contribution in [0.15, 0.2) is 57.5 Å². The van der Waals surface area contributed by atoms with Crippen LogP contribution in [0.25, 0.3) is 10.8 Å². The van der Waals surface area contributed by atoms with Gasteiger partial charge in [-0.05, 0) is 101 Å². The van der Waals surface area contributed by atoms with Gasteiger partial charge in [0.1, 0.15) is 0 Å². The SMILES string of the molecule is C#C[C@]1(OC(C)=O)CC[C@H]2[C@@H]3CCC4=CC(=O)CC[C@@H]4[C@H]3CC[C@@]21C.Cc1noc(NS(=O)(=O)c2cccc3c(N(C)C)cccc23)c1C. The van der Waals surface area contributed by atoms with Crippen LogP contribution < -0.4 is 9.62 Å². The van der Waals surface area contributed by atoms with Gasteiger partial charge in [-0.3, -0.25) is 9.59 Å². The Kier molecular flexibility index (Phi) is 9.20. The highest BCUT2D eigenvalue weighted by molar-refractivity contribution is 7.93. The second-order valence-electron chi connectivity index (χ2n) is 14.7. The van der Waals surface area contributed by atoms with Gasteiger partial charge in [-0.25, -0.2) is 13.1 Å². The summed E-state index contributed by atoms with van der Waals surface area (Å²) in [7, 11) is 0.0571. The van der Waals surface area contributed by atoms with Gasteiger partial charge in [-0.15, -0.1) is 6.42 Å². The quantitative estimate of drug-likeness (QED) is 0.218. The Labute approximate surface area is 289 Å². The van der Waals surface area contributed by atoms with Crippen molar-refractivity contribution in [2.45, 2.75) is 89.6 Å². The average Bonchev–Trinajstić information content (AvgIpc) is 3.54. The lowest BCUT2D eigenvalue weighted by Gasteiger charge is -2.55. The minimum atomic E-state index is -3.79. The van der Waals surface area contributed by atoms with Gasteiger partial charge >= 0.3 is 5.97 Å². The summed E-state index contributed by atoms with van der Waals surface area (Å²) < 4.78 is 39.1. The van der Waals surface area contributed by atoms with Gasteiger partial charge in [0.15, 0.2) is 11.4 Å². The molecule has 4 aliphatic carbocycles. The third kappa shape index (κ3) is 6.05. The van der Waals surface area contributed by atoms with Crippen molar-refractivity contribution in [1.29, 1.82) is 0 Å². The first kappa shape index (κ1) is 34.8. The summed E-state index contributed by atoms with van der Waals surface area (Å²) in [6, 6.07) is 10.8. The number of ether oxygens (including phenoxy) is 1. The molecule has 0 amide bonds. The Morgan fingerprint density at radius 1 is 1.04 bits per heavy atom. The van der Waals surface area contributed by atoms with E-state index in [2.05, 4.69) is 22.7 Å². The molecule has 9 nitrogen and oxygen atoms in total. The molecule has 0 saturated heterocycles. The summed E-state index contributed by atoms with van der Waals surface area (Å²) in [5.41, 5.74) is 2.85. The van der Waals surface area contributed by atoms with Crippen LogP contribution in [0.4, 0.5) is 11.6 Å². The third-order valence-corrected chi connectivity index (χ3v) is 13.4. The number of carbonyl (C=O) groups excluding carboxylic acids is 2. The van der Waals surface area contributed by atoms with E-state index in [1.807, 2.05) is 43.3 Å². The maximum atomic E-state index is 12.8. The van der Waals surface area contributed by atoms with Gasteiger partial charge in [-0.1, -0.05) is 47.8 Å². The van der Waals surface area contributed by atoms with Gasteiger partial charge in [0, 0.05) is 54.9 Å². The second-order valence-corrected chi connectivity index (χ2v) is 16.4. The van der Waals surface area contributed by atoms with Gasteiger partial charge in [-0.2, -0.15) is 0 Å². The Balaban J connectivity index is 0.000000170. The number of hydrogen-bond acceptors (Lipinski definition) is 8. The predicted octanol–water partition coefficient (Wildman–Crippen LogP) is 7.37. The van der Waals surface area contributed by atoms with Crippen molar-refractivity contribution in [2.24, 2.45) is 29.1 Å². The molecule has 49 heavy (non-hydrogen) atoms. The molecule has 3 fully saturated rings. The number of aromatic nitrogens is 1. The number of anilines is 2. The smallest absolute Gasteiger partial charge is 0.304 e. The van der Waals surface area contributed by atoms with Crippen LogP contribution in [-0.2, 0) is 24.3 Å². The van der Waals surface area contributed by atoms with E-state index in [9.17, 15) is 18.0 Å². The molecule has 7 rings (SSSR count). The van der Waals surface area contributed by atoms with Crippen LogP contribution in [0.5, 0.6) is 0 Å². The molecular formula is C39H47N3O6S. The minimum Gasteiger partial charge on any atom is -0.445 e. The Bertz CT molecular complexity index is 1970.